The lowest BCUT2D eigenvalue weighted by atomic mass is 9.75. The molecule has 0 aromatic carbocycles. The second kappa shape index (κ2) is 6.56. The van der Waals surface area contributed by atoms with Crippen LogP contribution >= 0.6 is 0 Å². The van der Waals surface area contributed by atoms with Gasteiger partial charge in [0.15, 0.2) is 0 Å². The van der Waals surface area contributed by atoms with Crippen molar-refractivity contribution in [1.29, 1.82) is 0 Å². The van der Waals surface area contributed by atoms with E-state index in [9.17, 15) is 4.79 Å². The van der Waals surface area contributed by atoms with E-state index in [1.54, 1.807) is 0 Å². The zero-order valence-corrected chi connectivity index (χ0v) is 11.4. The molecular formula is C16H28O. The molecule has 0 saturated heterocycles. The van der Waals surface area contributed by atoms with Crippen molar-refractivity contribution in [2.24, 2.45) is 17.8 Å². The topological polar surface area (TPSA) is 17.1 Å². The SMILES string of the molecule is CCC1CCC(C(=O)C2CCCCCC2)CC1. The molecule has 0 unspecified atom stereocenters. The second-order valence-electron chi connectivity index (χ2n) is 6.22. The van der Waals surface area contributed by atoms with Gasteiger partial charge in [-0.1, -0.05) is 39.0 Å². The number of Topliss-reactive ketones (excluding diaryl/α,β-unsaturated/α-hetero) is 1. The highest BCUT2D eigenvalue weighted by Gasteiger charge is 2.30. The minimum absolute atomic E-state index is 0.431. The molecule has 98 valence electrons. The number of hydrogen-bond donors (Lipinski definition) is 0. The van der Waals surface area contributed by atoms with Crippen LogP contribution in [0.2, 0.25) is 0 Å². The molecule has 2 saturated carbocycles. The third-order valence-corrected chi connectivity index (χ3v) is 5.08. The van der Waals surface area contributed by atoms with Crippen LogP contribution in [0.4, 0.5) is 0 Å². The van der Waals surface area contributed by atoms with E-state index in [0.29, 0.717) is 17.6 Å². The molecule has 0 aromatic rings. The van der Waals surface area contributed by atoms with Gasteiger partial charge in [-0.15, -0.1) is 0 Å². The van der Waals surface area contributed by atoms with Crippen LogP contribution in [0, 0.1) is 17.8 Å². The van der Waals surface area contributed by atoms with Gasteiger partial charge in [0, 0.05) is 11.8 Å². The van der Waals surface area contributed by atoms with Gasteiger partial charge in [-0.25, -0.2) is 0 Å². The fourth-order valence-electron chi connectivity index (χ4n) is 3.75. The van der Waals surface area contributed by atoms with E-state index >= 15 is 0 Å². The third kappa shape index (κ3) is 3.56. The first-order valence-corrected chi connectivity index (χ1v) is 7.85. The fraction of sp³-hybridized carbons (Fsp3) is 0.938. The van der Waals surface area contributed by atoms with Crippen molar-refractivity contribution in [2.75, 3.05) is 0 Å². The zero-order valence-electron chi connectivity index (χ0n) is 11.4. The Morgan fingerprint density at radius 1 is 0.824 bits per heavy atom. The molecule has 2 rings (SSSR count). The first kappa shape index (κ1) is 13.1. The Morgan fingerprint density at radius 3 is 1.88 bits per heavy atom. The summed E-state index contributed by atoms with van der Waals surface area (Å²) in [7, 11) is 0. The van der Waals surface area contributed by atoms with Gasteiger partial charge in [0.2, 0.25) is 0 Å². The summed E-state index contributed by atoms with van der Waals surface area (Å²) in [5.74, 6) is 2.41. The zero-order chi connectivity index (χ0) is 12.1. The van der Waals surface area contributed by atoms with Crippen LogP contribution in [-0.4, -0.2) is 5.78 Å². The molecule has 0 bridgehead atoms. The quantitative estimate of drug-likeness (QED) is 0.647. The summed E-state index contributed by atoms with van der Waals surface area (Å²) >= 11 is 0. The van der Waals surface area contributed by atoms with E-state index in [1.807, 2.05) is 0 Å². The number of hydrogen-bond acceptors (Lipinski definition) is 1. The summed E-state index contributed by atoms with van der Waals surface area (Å²) in [6.45, 7) is 2.29. The van der Waals surface area contributed by atoms with Gasteiger partial charge in [0.25, 0.3) is 0 Å². The number of carbonyl (C=O) groups is 1. The van der Waals surface area contributed by atoms with Gasteiger partial charge >= 0.3 is 0 Å². The van der Waals surface area contributed by atoms with E-state index < -0.39 is 0 Å². The van der Waals surface area contributed by atoms with Gasteiger partial charge < -0.3 is 0 Å². The summed E-state index contributed by atoms with van der Waals surface area (Å²) in [6, 6.07) is 0. The summed E-state index contributed by atoms with van der Waals surface area (Å²) < 4.78 is 0. The van der Waals surface area contributed by atoms with Crippen molar-refractivity contribution < 1.29 is 4.79 Å². The molecule has 1 nitrogen and oxygen atoms in total. The van der Waals surface area contributed by atoms with E-state index in [-0.39, 0.29) is 0 Å². The average Bonchev–Trinajstić information content (AvgIpc) is 2.67. The van der Waals surface area contributed by atoms with E-state index in [1.165, 1.54) is 70.6 Å². The van der Waals surface area contributed by atoms with Crippen molar-refractivity contribution in [3.05, 3.63) is 0 Å². The van der Waals surface area contributed by atoms with Crippen LogP contribution in [0.15, 0.2) is 0 Å². The fourth-order valence-corrected chi connectivity index (χ4v) is 3.75. The highest BCUT2D eigenvalue weighted by molar-refractivity contribution is 5.83. The highest BCUT2D eigenvalue weighted by atomic mass is 16.1. The van der Waals surface area contributed by atoms with Gasteiger partial charge in [0.05, 0.1) is 0 Å². The van der Waals surface area contributed by atoms with Crippen LogP contribution in [0.3, 0.4) is 0 Å². The van der Waals surface area contributed by atoms with E-state index in [2.05, 4.69) is 6.92 Å². The Kier molecular flexibility index (Phi) is 5.06. The second-order valence-corrected chi connectivity index (χ2v) is 6.22. The van der Waals surface area contributed by atoms with E-state index in [4.69, 9.17) is 0 Å². The minimum atomic E-state index is 0.431. The predicted molar refractivity (Wildman–Crippen MR) is 71.9 cm³/mol. The lowest BCUT2D eigenvalue weighted by Crippen LogP contribution is -2.27. The van der Waals surface area contributed by atoms with Crippen molar-refractivity contribution in [3.63, 3.8) is 0 Å². The molecule has 0 radical (unpaired) electrons. The maximum atomic E-state index is 12.5. The van der Waals surface area contributed by atoms with Crippen LogP contribution < -0.4 is 0 Å². The molecule has 0 heterocycles. The Labute approximate surface area is 106 Å². The van der Waals surface area contributed by atoms with Crippen molar-refractivity contribution in [2.45, 2.75) is 77.6 Å². The molecule has 0 aromatic heterocycles. The van der Waals surface area contributed by atoms with Gasteiger partial charge in [-0.2, -0.15) is 0 Å². The van der Waals surface area contributed by atoms with Gasteiger partial charge in [-0.05, 0) is 44.4 Å². The van der Waals surface area contributed by atoms with Crippen LogP contribution in [0.1, 0.15) is 77.6 Å². The molecule has 2 aliphatic carbocycles. The smallest absolute Gasteiger partial charge is 0.139 e. The summed E-state index contributed by atoms with van der Waals surface area (Å²) in [6.07, 6.45) is 14.0. The molecule has 1 heteroatoms. The van der Waals surface area contributed by atoms with Crippen LogP contribution in [0.25, 0.3) is 0 Å². The maximum Gasteiger partial charge on any atom is 0.139 e. The van der Waals surface area contributed by atoms with Crippen molar-refractivity contribution in [3.8, 4) is 0 Å². The molecule has 0 spiro atoms. The summed E-state index contributed by atoms with van der Waals surface area (Å²) in [5, 5.41) is 0. The normalized spacial score (nSPS) is 32.1. The lowest BCUT2D eigenvalue weighted by Gasteiger charge is -2.29. The third-order valence-electron chi connectivity index (χ3n) is 5.08. The Bertz CT molecular complexity index is 230. The predicted octanol–water partition coefficient (Wildman–Crippen LogP) is 4.74. The Morgan fingerprint density at radius 2 is 1.35 bits per heavy atom. The molecule has 2 fully saturated rings. The summed E-state index contributed by atoms with van der Waals surface area (Å²) in [5.41, 5.74) is 0. The molecule has 17 heavy (non-hydrogen) atoms. The number of ketones is 1. The number of rotatable bonds is 3. The van der Waals surface area contributed by atoms with Crippen molar-refractivity contribution >= 4 is 5.78 Å². The molecule has 0 amide bonds. The first-order chi connectivity index (χ1) is 8.31. The number of carbonyl (C=O) groups excluding carboxylic acids is 1. The lowest BCUT2D eigenvalue weighted by molar-refractivity contribution is -0.128. The molecule has 0 atom stereocenters. The van der Waals surface area contributed by atoms with Crippen molar-refractivity contribution in [1.82, 2.24) is 0 Å². The minimum Gasteiger partial charge on any atom is -0.299 e. The van der Waals surface area contributed by atoms with E-state index in [0.717, 1.165) is 5.92 Å². The highest BCUT2D eigenvalue weighted by Crippen LogP contribution is 2.35. The Hall–Kier alpha value is -0.330. The molecule has 2 aliphatic rings. The van der Waals surface area contributed by atoms with Crippen LogP contribution in [-0.2, 0) is 4.79 Å². The largest absolute Gasteiger partial charge is 0.299 e. The molecular weight excluding hydrogens is 208 g/mol. The standard InChI is InChI=1S/C16H28O/c1-2-13-9-11-15(12-10-13)16(17)14-7-5-3-4-6-8-14/h13-15H,2-12H2,1H3. The molecule has 0 N–H and O–H groups in total. The first-order valence-electron chi connectivity index (χ1n) is 7.85. The summed E-state index contributed by atoms with van der Waals surface area (Å²) in [4.78, 5) is 12.5. The monoisotopic (exact) mass is 236 g/mol. The van der Waals surface area contributed by atoms with Gasteiger partial charge in [0.1, 0.15) is 5.78 Å². The van der Waals surface area contributed by atoms with Crippen LogP contribution in [0.5, 0.6) is 0 Å². The average molecular weight is 236 g/mol. The molecule has 0 aliphatic heterocycles. The Balaban J connectivity index is 1.82. The maximum absolute atomic E-state index is 12.5. The van der Waals surface area contributed by atoms with Gasteiger partial charge in [-0.3, -0.25) is 4.79 Å².